The number of hydrogen-bond donors (Lipinski definition) is 3. The number of carbonyl (C=O) groups is 2. The topological polar surface area (TPSA) is 91.9 Å². The van der Waals surface area contributed by atoms with Crippen LogP contribution in [-0.4, -0.2) is 70.0 Å². The first-order valence-electron chi connectivity index (χ1n) is 15.2. The molecule has 5 aliphatic rings. The summed E-state index contributed by atoms with van der Waals surface area (Å²) in [4.78, 5) is 27.2. The Morgan fingerprint density at radius 2 is 1.98 bits per heavy atom. The molecule has 1 aliphatic heterocycles. The number of hydrogen-bond acceptors (Lipinski definition) is 5. The Labute approximate surface area is 244 Å². The van der Waals surface area contributed by atoms with Gasteiger partial charge in [-0.25, -0.2) is 9.59 Å². The fraction of sp³-hybridized carbons (Fsp3) is 0.742. The average Bonchev–Trinajstić information content (AvgIpc) is 3.37. The van der Waals surface area contributed by atoms with E-state index in [0.29, 0.717) is 11.6 Å². The molecule has 0 aromatic heterocycles. The van der Waals surface area contributed by atoms with Gasteiger partial charge in [-0.15, -0.1) is 0 Å². The Morgan fingerprint density at radius 3 is 2.73 bits per heavy atom. The molecule has 8 atom stereocenters. The predicted octanol–water partition coefficient (Wildman–Crippen LogP) is 5.01. The van der Waals surface area contributed by atoms with Gasteiger partial charge in [-0.2, -0.15) is 0 Å². The molecule has 9 heteroatoms. The average molecular weight is 575 g/mol. The van der Waals surface area contributed by atoms with E-state index in [4.69, 9.17) is 21.1 Å². The van der Waals surface area contributed by atoms with Crippen molar-refractivity contribution in [3.63, 3.8) is 0 Å². The number of amides is 3. The van der Waals surface area contributed by atoms with Gasteiger partial charge >= 0.3 is 12.1 Å². The van der Waals surface area contributed by atoms with Gasteiger partial charge in [0.05, 0.1) is 12.2 Å². The largest absolute Gasteiger partial charge is 0.447 e. The van der Waals surface area contributed by atoms with Gasteiger partial charge in [0.2, 0.25) is 0 Å². The monoisotopic (exact) mass is 574 g/mol. The molecule has 1 heterocycles. The molecular weight excluding hydrogens is 528 g/mol. The zero-order chi connectivity index (χ0) is 28.3. The third kappa shape index (κ3) is 6.39. The highest BCUT2D eigenvalue weighted by Crippen LogP contribution is 2.62. The Balaban J connectivity index is 1.24. The van der Waals surface area contributed by atoms with Crippen molar-refractivity contribution in [1.29, 1.82) is 0 Å². The summed E-state index contributed by atoms with van der Waals surface area (Å²) in [6, 6.07) is 7.90. The molecule has 8 nitrogen and oxygen atoms in total. The van der Waals surface area contributed by atoms with E-state index in [0.717, 1.165) is 67.5 Å². The third-order valence-electron chi connectivity index (χ3n) is 10.4. The van der Waals surface area contributed by atoms with E-state index in [1.165, 1.54) is 32.7 Å². The maximum Gasteiger partial charge on any atom is 0.406 e. The standard InChI is InChI=1S/C31H47ClN4O4/c1-31(23-6-4-8-25(32)16-23,40-11-10-39-30(38)34-3)24-7-5-9-36(19-24)29(37)35-26(18-33-2)17-28-22-13-20-12-21(15-22)27(28)14-20/h4,6,8,16,20-22,24,26-28,33H,5,7,9-15,17-19H2,1-3H3,(H,34,38)(H,35,37)/t20-,21-,22-,24+,26-,27-,28-,31-/m0/s1. The van der Waals surface area contributed by atoms with Crippen molar-refractivity contribution >= 4 is 23.7 Å². The maximum absolute atomic E-state index is 13.7. The van der Waals surface area contributed by atoms with Crippen molar-refractivity contribution < 1.29 is 19.1 Å². The highest BCUT2D eigenvalue weighted by molar-refractivity contribution is 6.30. The lowest BCUT2D eigenvalue weighted by atomic mass is 9.73. The van der Waals surface area contributed by atoms with E-state index in [9.17, 15) is 9.59 Å². The molecule has 4 saturated carbocycles. The number of likely N-dealkylation sites (tertiary alicyclic amines) is 1. The Bertz CT molecular complexity index is 1040. The van der Waals surface area contributed by atoms with Gasteiger partial charge in [0.1, 0.15) is 6.61 Å². The van der Waals surface area contributed by atoms with E-state index in [-0.39, 0.29) is 31.2 Å². The van der Waals surface area contributed by atoms with Crippen LogP contribution in [0.15, 0.2) is 24.3 Å². The van der Waals surface area contributed by atoms with Crippen LogP contribution < -0.4 is 16.0 Å². The molecular formula is C31H47ClN4O4. The fourth-order valence-electron chi connectivity index (χ4n) is 8.58. The van der Waals surface area contributed by atoms with Gasteiger partial charge in [0.15, 0.2) is 0 Å². The molecule has 6 rings (SSSR count). The molecule has 4 aliphatic carbocycles. The van der Waals surface area contributed by atoms with Crippen molar-refractivity contribution in [3.05, 3.63) is 34.9 Å². The van der Waals surface area contributed by atoms with Crippen molar-refractivity contribution in [2.75, 3.05) is 46.9 Å². The molecule has 1 aromatic rings. The minimum absolute atomic E-state index is 0.0220. The summed E-state index contributed by atoms with van der Waals surface area (Å²) in [5, 5.41) is 9.85. The lowest BCUT2D eigenvalue weighted by molar-refractivity contribution is -0.103. The van der Waals surface area contributed by atoms with Crippen LogP contribution in [0.5, 0.6) is 0 Å². The molecule has 222 valence electrons. The Kier molecular flexibility index (Phi) is 9.48. The van der Waals surface area contributed by atoms with E-state index in [1.807, 2.05) is 36.2 Å². The summed E-state index contributed by atoms with van der Waals surface area (Å²) in [6.07, 6.45) is 8.10. The number of rotatable bonds is 11. The number of ether oxygens (including phenoxy) is 2. The van der Waals surface area contributed by atoms with Crippen LogP contribution in [0.25, 0.3) is 0 Å². The molecule has 3 N–H and O–H groups in total. The number of urea groups is 1. The van der Waals surface area contributed by atoms with Crippen LogP contribution in [0.3, 0.4) is 0 Å². The maximum atomic E-state index is 13.7. The van der Waals surface area contributed by atoms with Crippen LogP contribution in [-0.2, 0) is 15.1 Å². The molecule has 4 bridgehead atoms. The number of nitrogens with one attached hydrogen (secondary N) is 3. The Hall–Kier alpha value is -2.03. The van der Waals surface area contributed by atoms with Gasteiger partial charge in [-0.05, 0) is 106 Å². The first-order chi connectivity index (χ1) is 19.3. The van der Waals surface area contributed by atoms with Crippen molar-refractivity contribution in [2.45, 2.75) is 63.5 Å². The van der Waals surface area contributed by atoms with E-state index >= 15 is 0 Å². The summed E-state index contributed by atoms with van der Waals surface area (Å²) >= 11 is 6.38. The normalized spacial score (nSPS) is 31.1. The van der Waals surface area contributed by atoms with Crippen LogP contribution in [0.2, 0.25) is 5.02 Å². The first kappa shape index (κ1) is 29.5. The fourth-order valence-corrected chi connectivity index (χ4v) is 8.77. The van der Waals surface area contributed by atoms with E-state index < -0.39 is 11.7 Å². The molecule has 40 heavy (non-hydrogen) atoms. The van der Waals surface area contributed by atoms with Gasteiger partial charge in [0.25, 0.3) is 0 Å². The van der Waals surface area contributed by atoms with Gasteiger partial charge in [-0.3, -0.25) is 0 Å². The zero-order valence-corrected chi connectivity index (χ0v) is 25.1. The second kappa shape index (κ2) is 12.9. The van der Waals surface area contributed by atoms with Crippen LogP contribution in [0, 0.1) is 35.5 Å². The van der Waals surface area contributed by atoms with Gasteiger partial charge in [-0.1, -0.05) is 23.7 Å². The molecule has 0 spiro atoms. The molecule has 0 unspecified atom stereocenters. The van der Waals surface area contributed by atoms with Crippen molar-refractivity contribution in [3.8, 4) is 0 Å². The highest BCUT2D eigenvalue weighted by atomic mass is 35.5. The number of halogens is 1. The summed E-state index contributed by atoms with van der Waals surface area (Å²) in [5.41, 5.74) is 0.272. The molecule has 0 radical (unpaired) electrons. The number of nitrogens with zero attached hydrogens (tertiary/aromatic N) is 1. The van der Waals surface area contributed by atoms with E-state index in [1.54, 1.807) is 0 Å². The van der Waals surface area contributed by atoms with E-state index in [2.05, 4.69) is 22.9 Å². The summed E-state index contributed by atoms with van der Waals surface area (Å²) in [6.45, 7) is 4.58. The second-order valence-corrected chi connectivity index (χ2v) is 13.2. The first-order valence-corrected chi connectivity index (χ1v) is 15.6. The van der Waals surface area contributed by atoms with Crippen LogP contribution in [0.1, 0.15) is 57.4 Å². The minimum Gasteiger partial charge on any atom is -0.447 e. The second-order valence-electron chi connectivity index (χ2n) is 12.7. The molecule has 1 saturated heterocycles. The summed E-state index contributed by atoms with van der Waals surface area (Å²) in [5.74, 6) is 4.47. The quantitative estimate of drug-likeness (QED) is 0.323. The van der Waals surface area contributed by atoms with Crippen molar-refractivity contribution in [1.82, 2.24) is 20.9 Å². The number of likely N-dealkylation sites (N-methyl/N-ethyl adjacent to an activating group) is 1. The number of carbonyl (C=O) groups excluding carboxylic acids is 2. The Morgan fingerprint density at radius 1 is 1.15 bits per heavy atom. The number of alkyl carbamates (subject to hydrolysis) is 1. The third-order valence-corrected chi connectivity index (χ3v) is 10.6. The lowest BCUT2D eigenvalue weighted by Crippen LogP contribution is -2.54. The smallest absolute Gasteiger partial charge is 0.406 e. The predicted molar refractivity (Wildman–Crippen MR) is 156 cm³/mol. The lowest BCUT2D eigenvalue weighted by Gasteiger charge is -2.44. The molecule has 1 aromatic carbocycles. The number of piperidine rings is 1. The van der Waals surface area contributed by atoms with Gasteiger partial charge in [0, 0.05) is 43.7 Å². The molecule has 5 fully saturated rings. The minimum atomic E-state index is -0.692. The van der Waals surface area contributed by atoms with Crippen LogP contribution >= 0.6 is 11.6 Å². The summed E-state index contributed by atoms with van der Waals surface area (Å²) < 4.78 is 11.6. The van der Waals surface area contributed by atoms with Crippen molar-refractivity contribution in [2.24, 2.45) is 35.5 Å². The summed E-state index contributed by atoms with van der Waals surface area (Å²) in [7, 11) is 3.51. The van der Waals surface area contributed by atoms with Crippen LogP contribution in [0.4, 0.5) is 9.59 Å². The van der Waals surface area contributed by atoms with Gasteiger partial charge < -0.3 is 30.3 Å². The highest BCUT2D eigenvalue weighted by Gasteiger charge is 2.53. The SMILES string of the molecule is CNC[C@H](C[C@H]1[C@H]2C[C@@H]3C[C@@H](C2)[C@@H]1C3)NC(=O)N1CCC[C@@H]([C@@](C)(OCCOC(=O)NC)c2cccc(Cl)c2)C1. The number of benzene rings is 1. The zero-order valence-electron chi connectivity index (χ0n) is 24.3. The molecule has 3 amide bonds.